The zero-order valence-corrected chi connectivity index (χ0v) is 15.6. The summed E-state index contributed by atoms with van der Waals surface area (Å²) in [6.45, 7) is 9.44. The topological polar surface area (TPSA) is 12.0 Å². The smallest absolute Gasteiger partial charge is 0.0375 e. The van der Waals surface area contributed by atoms with E-state index < -0.39 is 0 Å². The van der Waals surface area contributed by atoms with Crippen molar-refractivity contribution in [2.45, 2.75) is 72.3 Å². The molecule has 1 aromatic rings. The third-order valence-corrected chi connectivity index (χ3v) is 6.04. The normalized spacial score (nSPS) is 23.1. The van der Waals surface area contributed by atoms with E-state index in [1.807, 2.05) is 0 Å². The van der Waals surface area contributed by atoms with E-state index in [-0.39, 0.29) is 0 Å². The van der Waals surface area contributed by atoms with Gasteiger partial charge < -0.3 is 5.32 Å². The Kier molecular flexibility index (Phi) is 5.76. The van der Waals surface area contributed by atoms with Crippen LogP contribution in [0.5, 0.6) is 0 Å². The predicted molar refractivity (Wildman–Crippen MR) is 97.0 cm³/mol. The molecule has 0 aliphatic heterocycles. The Balaban J connectivity index is 1.95. The second-order valence-electron chi connectivity index (χ2n) is 7.19. The fourth-order valence-electron chi connectivity index (χ4n) is 3.52. The Morgan fingerprint density at radius 3 is 2.38 bits per heavy atom. The predicted octanol–water partition coefficient (Wildman–Crippen LogP) is 6.42. The molecule has 0 heterocycles. The van der Waals surface area contributed by atoms with Gasteiger partial charge in [-0.15, -0.1) is 0 Å². The molecule has 0 bridgehead atoms. The monoisotopic (exact) mass is 351 g/mol. The van der Waals surface area contributed by atoms with Crippen LogP contribution in [0, 0.1) is 11.3 Å². The van der Waals surface area contributed by atoms with Gasteiger partial charge in [0, 0.05) is 16.2 Å². The molecule has 0 spiro atoms. The van der Waals surface area contributed by atoms with Crippen LogP contribution in [0.15, 0.2) is 22.7 Å². The molecule has 1 aliphatic rings. The first kappa shape index (κ1) is 16.9. The Morgan fingerprint density at radius 2 is 1.81 bits per heavy atom. The summed E-state index contributed by atoms with van der Waals surface area (Å²) in [5, 5.41) is 3.80. The number of aryl methyl sites for hydroxylation is 1. The van der Waals surface area contributed by atoms with Gasteiger partial charge in [0.1, 0.15) is 0 Å². The molecule has 1 nitrogen and oxygen atoms in total. The standard InChI is InChI=1S/C19H30BrN/c1-5-14-13-16(20)9-12-18(14)21-17-10-7-15(8-11-17)19(3,4)6-2/h9,12-13,15,17,21H,5-8,10-11H2,1-4H3. The third kappa shape index (κ3) is 4.25. The van der Waals surface area contributed by atoms with Crippen LogP contribution in [0.4, 0.5) is 5.69 Å². The van der Waals surface area contributed by atoms with E-state index in [1.165, 1.54) is 47.8 Å². The highest BCUT2D eigenvalue weighted by atomic mass is 79.9. The van der Waals surface area contributed by atoms with E-state index in [1.54, 1.807) is 0 Å². The van der Waals surface area contributed by atoms with Crippen molar-refractivity contribution in [3.05, 3.63) is 28.2 Å². The number of anilines is 1. The zero-order chi connectivity index (χ0) is 15.5. The van der Waals surface area contributed by atoms with Crippen LogP contribution in [0.3, 0.4) is 0 Å². The highest BCUT2D eigenvalue weighted by Gasteiger charge is 2.31. The van der Waals surface area contributed by atoms with E-state index in [0.29, 0.717) is 11.5 Å². The van der Waals surface area contributed by atoms with Crippen molar-refractivity contribution < 1.29 is 0 Å². The molecule has 0 unspecified atom stereocenters. The van der Waals surface area contributed by atoms with Crippen molar-refractivity contribution in [2.75, 3.05) is 5.32 Å². The van der Waals surface area contributed by atoms with Gasteiger partial charge in [0.2, 0.25) is 0 Å². The van der Waals surface area contributed by atoms with Crippen molar-refractivity contribution in [1.82, 2.24) is 0 Å². The molecule has 1 N–H and O–H groups in total. The quantitative estimate of drug-likeness (QED) is 0.645. The number of rotatable bonds is 5. The largest absolute Gasteiger partial charge is 0.382 e. The maximum Gasteiger partial charge on any atom is 0.0375 e. The maximum atomic E-state index is 3.80. The van der Waals surface area contributed by atoms with Gasteiger partial charge in [-0.3, -0.25) is 0 Å². The Hall–Kier alpha value is -0.500. The Morgan fingerprint density at radius 1 is 1.14 bits per heavy atom. The molecule has 2 rings (SSSR count). The molecule has 21 heavy (non-hydrogen) atoms. The van der Waals surface area contributed by atoms with Crippen molar-refractivity contribution in [1.29, 1.82) is 0 Å². The van der Waals surface area contributed by atoms with Crippen LogP contribution in [0.25, 0.3) is 0 Å². The van der Waals surface area contributed by atoms with E-state index in [4.69, 9.17) is 0 Å². The SMILES string of the molecule is CCc1cc(Br)ccc1NC1CCC(C(C)(C)CC)CC1. The minimum Gasteiger partial charge on any atom is -0.382 e. The maximum absolute atomic E-state index is 3.80. The summed E-state index contributed by atoms with van der Waals surface area (Å²) >= 11 is 3.57. The molecular formula is C19H30BrN. The van der Waals surface area contributed by atoms with Crippen LogP contribution >= 0.6 is 15.9 Å². The second-order valence-corrected chi connectivity index (χ2v) is 8.11. The van der Waals surface area contributed by atoms with Crippen molar-refractivity contribution in [3.8, 4) is 0 Å². The number of hydrogen-bond acceptors (Lipinski definition) is 1. The first-order chi connectivity index (χ1) is 9.96. The summed E-state index contributed by atoms with van der Waals surface area (Å²) in [4.78, 5) is 0. The van der Waals surface area contributed by atoms with Gasteiger partial charge in [-0.05, 0) is 67.2 Å². The molecule has 1 fully saturated rings. The van der Waals surface area contributed by atoms with Gasteiger partial charge in [-0.2, -0.15) is 0 Å². The number of benzene rings is 1. The molecule has 118 valence electrons. The van der Waals surface area contributed by atoms with Crippen molar-refractivity contribution in [3.63, 3.8) is 0 Å². The first-order valence-corrected chi connectivity index (χ1v) is 9.30. The highest BCUT2D eigenvalue weighted by molar-refractivity contribution is 9.10. The van der Waals surface area contributed by atoms with Crippen LogP contribution in [-0.4, -0.2) is 6.04 Å². The van der Waals surface area contributed by atoms with Gasteiger partial charge in [-0.1, -0.05) is 50.0 Å². The number of halogens is 1. The molecule has 0 saturated heterocycles. The van der Waals surface area contributed by atoms with E-state index in [0.717, 1.165) is 12.3 Å². The third-order valence-electron chi connectivity index (χ3n) is 5.55. The minimum absolute atomic E-state index is 0.511. The molecule has 2 heteroatoms. The summed E-state index contributed by atoms with van der Waals surface area (Å²) in [6.07, 6.45) is 7.75. The number of hydrogen-bond donors (Lipinski definition) is 1. The Bertz CT molecular complexity index is 459. The lowest BCUT2D eigenvalue weighted by atomic mass is 9.69. The molecule has 1 aliphatic carbocycles. The molecule has 0 aromatic heterocycles. The lowest BCUT2D eigenvalue weighted by Gasteiger charge is -2.39. The lowest BCUT2D eigenvalue weighted by Crippen LogP contribution is -2.32. The van der Waals surface area contributed by atoms with Gasteiger partial charge in [0.05, 0.1) is 0 Å². The summed E-state index contributed by atoms with van der Waals surface area (Å²) in [7, 11) is 0. The summed E-state index contributed by atoms with van der Waals surface area (Å²) in [5.74, 6) is 0.899. The fraction of sp³-hybridized carbons (Fsp3) is 0.684. The summed E-state index contributed by atoms with van der Waals surface area (Å²) in [5.41, 5.74) is 3.26. The van der Waals surface area contributed by atoms with Gasteiger partial charge >= 0.3 is 0 Å². The zero-order valence-electron chi connectivity index (χ0n) is 14.0. The molecule has 1 saturated carbocycles. The molecule has 0 atom stereocenters. The van der Waals surface area contributed by atoms with Crippen LogP contribution in [0.1, 0.15) is 65.4 Å². The lowest BCUT2D eigenvalue weighted by molar-refractivity contribution is 0.147. The molecule has 1 aromatic carbocycles. The first-order valence-electron chi connectivity index (χ1n) is 8.51. The van der Waals surface area contributed by atoms with E-state index in [2.05, 4.69) is 67.1 Å². The average molecular weight is 352 g/mol. The van der Waals surface area contributed by atoms with Crippen LogP contribution in [0.2, 0.25) is 0 Å². The van der Waals surface area contributed by atoms with Gasteiger partial charge in [0.25, 0.3) is 0 Å². The minimum atomic E-state index is 0.511. The summed E-state index contributed by atoms with van der Waals surface area (Å²) < 4.78 is 1.18. The van der Waals surface area contributed by atoms with Crippen LogP contribution < -0.4 is 5.32 Å². The summed E-state index contributed by atoms with van der Waals surface area (Å²) in [6, 6.07) is 7.27. The van der Waals surface area contributed by atoms with E-state index in [9.17, 15) is 0 Å². The molecule has 0 radical (unpaired) electrons. The van der Waals surface area contributed by atoms with Gasteiger partial charge in [-0.25, -0.2) is 0 Å². The molecule has 0 amide bonds. The Labute approximate surface area is 139 Å². The van der Waals surface area contributed by atoms with Crippen LogP contribution in [-0.2, 0) is 6.42 Å². The van der Waals surface area contributed by atoms with E-state index >= 15 is 0 Å². The van der Waals surface area contributed by atoms with Gasteiger partial charge in [0.15, 0.2) is 0 Å². The average Bonchev–Trinajstić information content (AvgIpc) is 2.49. The number of nitrogens with one attached hydrogen (secondary N) is 1. The highest BCUT2D eigenvalue weighted by Crippen LogP contribution is 2.41. The second kappa shape index (κ2) is 7.17. The van der Waals surface area contributed by atoms with Crippen molar-refractivity contribution >= 4 is 21.6 Å². The van der Waals surface area contributed by atoms with Crippen molar-refractivity contribution in [2.24, 2.45) is 11.3 Å². The molecular weight excluding hydrogens is 322 g/mol. The fourth-order valence-corrected chi connectivity index (χ4v) is 3.93.